The first-order valence-corrected chi connectivity index (χ1v) is 10.6. The largest absolute Gasteiger partial charge is 0.493 e. The van der Waals surface area contributed by atoms with E-state index >= 15 is 0 Å². The van der Waals surface area contributed by atoms with Gasteiger partial charge < -0.3 is 15.3 Å². The van der Waals surface area contributed by atoms with Crippen molar-refractivity contribution in [1.29, 1.82) is 0 Å². The van der Waals surface area contributed by atoms with Crippen molar-refractivity contribution >= 4 is 28.1 Å². The maximum atomic E-state index is 14.9. The summed E-state index contributed by atoms with van der Waals surface area (Å²) in [7, 11) is 0. The van der Waals surface area contributed by atoms with Crippen LogP contribution in [0.4, 0.5) is 13.9 Å². The van der Waals surface area contributed by atoms with Crippen LogP contribution >= 0.6 is 11.3 Å². The van der Waals surface area contributed by atoms with Crippen molar-refractivity contribution in [2.45, 2.75) is 31.8 Å². The van der Waals surface area contributed by atoms with Crippen molar-refractivity contribution in [3.63, 3.8) is 0 Å². The molecule has 0 saturated carbocycles. The number of carbonyl (C=O) groups excluding carboxylic acids is 1. The van der Waals surface area contributed by atoms with Gasteiger partial charge in [0, 0.05) is 31.1 Å². The van der Waals surface area contributed by atoms with E-state index in [4.69, 9.17) is 4.84 Å². The van der Waals surface area contributed by atoms with Crippen LogP contribution in [0.3, 0.4) is 0 Å². The van der Waals surface area contributed by atoms with Gasteiger partial charge in [-0.2, -0.15) is 4.98 Å². The second kappa shape index (κ2) is 8.57. The van der Waals surface area contributed by atoms with Crippen LogP contribution in [0.2, 0.25) is 0 Å². The molecule has 0 bridgehead atoms. The smallest absolute Gasteiger partial charge is 0.223 e. The lowest BCUT2D eigenvalue weighted by atomic mass is 9.88. The Balaban J connectivity index is 1.45. The van der Waals surface area contributed by atoms with E-state index in [2.05, 4.69) is 15.8 Å². The second-order valence-electron chi connectivity index (χ2n) is 7.38. The third-order valence-electron chi connectivity index (χ3n) is 5.27. The van der Waals surface area contributed by atoms with Crippen LogP contribution < -0.4 is 15.7 Å². The van der Waals surface area contributed by atoms with E-state index < -0.39 is 17.7 Å². The summed E-state index contributed by atoms with van der Waals surface area (Å²) in [6.07, 6.45) is 2.46. The molecular formula is C20H22F2N4O3S. The standard InChI is InChI=1S/C20H22F2N4O3S/c1-11(27)23-9-14-8-17(25-29-14)13-6-15(21)19(16(22)7-13)12-2-4-26(5-3-12)20-24-18(28)10-30-20/h6-8,10,12,14,25,28H,2-5,9H2,1H3,(H,23,27). The molecule has 1 unspecified atom stereocenters. The Morgan fingerprint density at radius 3 is 2.67 bits per heavy atom. The zero-order valence-electron chi connectivity index (χ0n) is 16.3. The van der Waals surface area contributed by atoms with Gasteiger partial charge in [-0.05, 0) is 37.0 Å². The molecule has 0 radical (unpaired) electrons. The van der Waals surface area contributed by atoms with Gasteiger partial charge in [0.2, 0.25) is 11.8 Å². The lowest BCUT2D eigenvalue weighted by molar-refractivity contribution is -0.119. The average Bonchev–Trinajstić information content (AvgIpc) is 3.35. The van der Waals surface area contributed by atoms with Gasteiger partial charge in [-0.15, -0.1) is 11.3 Å². The van der Waals surface area contributed by atoms with Crippen LogP contribution in [0.1, 0.15) is 36.8 Å². The molecule has 2 aliphatic heterocycles. The molecule has 2 aliphatic rings. The van der Waals surface area contributed by atoms with Crippen LogP contribution in [0, 0.1) is 11.6 Å². The third kappa shape index (κ3) is 4.39. The maximum absolute atomic E-state index is 14.9. The number of aromatic nitrogens is 1. The lowest BCUT2D eigenvalue weighted by Gasteiger charge is -2.32. The zero-order chi connectivity index (χ0) is 21.3. The molecule has 10 heteroatoms. The van der Waals surface area contributed by atoms with Gasteiger partial charge in [-0.25, -0.2) is 8.78 Å². The first-order valence-electron chi connectivity index (χ1n) is 9.67. The van der Waals surface area contributed by atoms with Gasteiger partial charge in [-0.1, -0.05) is 0 Å². The van der Waals surface area contributed by atoms with Gasteiger partial charge in [0.15, 0.2) is 5.13 Å². The highest BCUT2D eigenvalue weighted by Gasteiger charge is 2.28. The summed E-state index contributed by atoms with van der Waals surface area (Å²) in [4.78, 5) is 22.4. The van der Waals surface area contributed by atoms with Crippen molar-refractivity contribution in [3.8, 4) is 5.88 Å². The van der Waals surface area contributed by atoms with Crippen molar-refractivity contribution in [2.75, 3.05) is 24.5 Å². The minimum Gasteiger partial charge on any atom is -0.493 e. The zero-order valence-corrected chi connectivity index (χ0v) is 17.1. The lowest BCUT2D eigenvalue weighted by Crippen LogP contribution is -2.33. The summed E-state index contributed by atoms with van der Waals surface area (Å²) in [5, 5.41) is 14.3. The molecular weight excluding hydrogens is 414 g/mol. The molecule has 1 aromatic carbocycles. The van der Waals surface area contributed by atoms with Crippen molar-refractivity contribution in [3.05, 3.63) is 46.4 Å². The summed E-state index contributed by atoms with van der Waals surface area (Å²) in [6.45, 7) is 2.90. The summed E-state index contributed by atoms with van der Waals surface area (Å²) in [5.41, 5.74) is 3.60. The van der Waals surface area contributed by atoms with Crippen LogP contribution in [0.25, 0.3) is 5.70 Å². The SMILES string of the molecule is CC(=O)NCC1C=C(c2cc(F)c(C3CCN(c4nc(O)cs4)CC3)c(F)c2)NO1. The Labute approximate surface area is 176 Å². The number of nitrogens with zero attached hydrogens (tertiary/aromatic N) is 2. The Hall–Kier alpha value is -2.72. The highest BCUT2D eigenvalue weighted by Crippen LogP contribution is 2.36. The van der Waals surface area contributed by atoms with Crippen LogP contribution in [0.5, 0.6) is 5.88 Å². The molecule has 0 aliphatic carbocycles. The van der Waals surface area contributed by atoms with Crippen LogP contribution in [0.15, 0.2) is 23.6 Å². The predicted molar refractivity (Wildman–Crippen MR) is 109 cm³/mol. The van der Waals surface area contributed by atoms with E-state index in [9.17, 15) is 18.7 Å². The fraction of sp³-hybridized carbons (Fsp3) is 0.400. The van der Waals surface area contributed by atoms with Crippen LogP contribution in [-0.2, 0) is 9.63 Å². The Bertz CT molecular complexity index is 950. The van der Waals surface area contributed by atoms with Crippen molar-refractivity contribution in [2.24, 2.45) is 0 Å². The molecule has 4 rings (SSSR count). The number of carbonyl (C=O) groups is 1. The number of hydrogen-bond acceptors (Lipinski definition) is 7. The summed E-state index contributed by atoms with van der Waals surface area (Å²) >= 11 is 1.35. The summed E-state index contributed by atoms with van der Waals surface area (Å²) in [6, 6.07) is 2.62. The number of thiazole rings is 1. The normalized spacial score (nSPS) is 19.5. The van der Waals surface area contributed by atoms with Gasteiger partial charge in [0.05, 0.1) is 17.6 Å². The van der Waals surface area contributed by atoms with E-state index in [1.165, 1.54) is 30.4 Å². The Morgan fingerprint density at radius 2 is 2.07 bits per heavy atom. The topological polar surface area (TPSA) is 86.7 Å². The van der Waals surface area contributed by atoms with E-state index in [1.54, 1.807) is 11.5 Å². The monoisotopic (exact) mass is 436 g/mol. The van der Waals surface area contributed by atoms with E-state index in [0.717, 1.165) is 5.13 Å². The number of halogens is 2. The summed E-state index contributed by atoms with van der Waals surface area (Å²) < 4.78 is 29.7. The molecule has 160 valence electrons. The minimum atomic E-state index is -0.580. The molecule has 0 spiro atoms. The molecule has 1 amide bonds. The molecule has 30 heavy (non-hydrogen) atoms. The molecule has 3 heterocycles. The molecule has 3 N–H and O–H groups in total. The quantitative estimate of drug-likeness (QED) is 0.668. The number of piperidine rings is 1. The number of hydroxylamine groups is 1. The third-order valence-corrected chi connectivity index (χ3v) is 6.16. The molecule has 1 aromatic heterocycles. The first kappa shape index (κ1) is 20.5. The van der Waals surface area contributed by atoms with E-state index in [1.807, 2.05) is 4.90 Å². The van der Waals surface area contributed by atoms with Gasteiger partial charge >= 0.3 is 0 Å². The Kier molecular flexibility index (Phi) is 5.87. The van der Waals surface area contributed by atoms with Gasteiger partial charge in [0.25, 0.3) is 0 Å². The highest BCUT2D eigenvalue weighted by molar-refractivity contribution is 7.13. The van der Waals surface area contributed by atoms with Crippen molar-refractivity contribution < 1.29 is 23.5 Å². The fourth-order valence-electron chi connectivity index (χ4n) is 3.78. The highest BCUT2D eigenvalue weighted by atomic mass is 32.1. The number of benzene rings is 1. The summed E-state index contributed by atoms with van der Waals surface area (Å²) in [5.74, 6) is -1.58. The average molecular weight is 436 g/mol. The first-order chi connectivity index (χ1) is 14.4. The van der Waals surface area contributed by atoms with E-state index in [0.29, 0.717) is 37.2 Å². The molecule has 7 nitrogen and oxygen atoms in total. The minimum absolute atomic E-state index is 0.0112. The fourth-order valence-corrected chi connectivity index (χ4v) is 4.53. The van der Waals surface area contributed by atoms with Gasteiger partial charge in [-0.3, -0.25) is 15.1 Å². The number of hydrogen-bond donors (Lipinski definition) is 3. The molecule has 1 atom stereocenters. The molecule has 2 aromatic rings. The van der Waals surface area contributed by atoms with E-state index in [-0.39, 0.29) is 29.8 Å². The second-order valence-corrected chi connectivity index (χ2v) is 8.22. The number of anilines is 1. The Morgan fingerprint density at radius 1 is 1.37 bits per heavy atom. The molecule has 1 fully saturated rings. The van der Waals surface area contributed by atoms with Crippen molar-refractivity contribution in [1.82, 2.24) is 15.8 Å². The number of amides is 1. The van der Waals surface area contributed by atoms with Crippen LogP contribution in [-0.4, -0.2) is 41.7 Å². The number of rotatable bonds is 5. The number of nitrogens with one attached hydrogen (secondary N) is 2. The maximum Gasteiger partial charge on any atom is 0.223 e. The number of aromatic hydroxyl groups is 1. The molecule has 1 saturated heterocycles. The van der Waals surface area contributed by atoms with Gasteiger partial charge in [0.1, 0.15) is 17.7 Å². The predicted octanol–water partition coefficient (Wildman–Crippen LogP) is 2.89.